The highest BCUT2D eigenvalue weighted by Crippen LogP contribution is 2.34. The van der Waals surface area contributed by atoms with E-state index in [1.54, 1.807) is 29.4 Å². The first kappa shape index (κ1) is 15.0. The minimum absolute atomic E-state index is 0.143. The maximum Gasteiger partial charge on any atom is 0.334 e. The summed E-state index contributed by atoms with van der Waals surface area (Å²) in [4.78, 5) is 30.4. The molecule has 0 amide bonds. The van der Waals surface area contributed by atoms with Gasteiger partial charge in [0.05, 0.1) is 0 Å². The SMILES string of the molecule is O=C(O)C(C(=O)C1CCCNC1)N(c1ccncc1)C1CC1. The van der Waals surface area contributed by atoms with Crippen LogP contribution in [-0.4, -0.2) is 47.0 Å². The minimum Gasteiger partial charge on any atom is -0.479 e. The molecule has 2 fully saturated rings. The van der Waals surface area contributed by atoms with Gasteiger partial charge in [0.2, 0.25) is 0 Å². The van der Waals surface area contributed by atoms with E-state index in [1.807, 2.05) is 0 Å². The fraction of sp³-hybridized carbons (Fsp3) is 0.562. The summed E-state index contributed by atoms with van der Waals surface area (Å²) in [5.74, 6) is -1.44. The van der Waals surface area contributed by atoms with Gasteiger partial charge in [-0.05, 0) is 44.4 Å². The number of piperidine rings is 1. The van der Waals surface area contributed by atoms with Crippen LogP contribution in [0.1, 0.15) is 25.7 Å². The summed E-state index contributed by atoms with van der Waals surface area (Å²) < 4.78 is 0. The van der Waals surface area contributed by atoms with E-state index in [4.69, 9.17) is 0 Å². The molecule has 1 saturated carbocycles. The Kier molecular flexibility index (Phi) is 4.38. The second-order valence-electron chi connectivity index (χ2n) is 6.03. The Labute approximate surface area is 129 Å². The van der Waals surface area contributed by atoms with Crippen molar-refractivity contribution in [1.29, 1.82) is 0 Å². The van der Waals surface area contributed by atoms with Crippen LogP contribution in [0.2, 0.25) is 0 Å². The molecule has 118 valence electrons. The van der Waals surface area contributed by atoms with Crippen molar-refractivity contribution in [2.75, 3.05) is 18.0 Å². The van der Waals surface area contributed by atoms with E-state index >= 15 is 0 Å². The van der Waals surface area contributed by atoms with E-state index < -0.39 is 12.0 Å². The molecule has 0 spiro atoms. The van der Waals surface area contributed by atoms with Gasteiger partial charge in [0.25, 0.3) is 0 Å². The molecule has 2 unspecified atom stereocenters. The molecule has 2 atom stereocenters. The third-order valence-electron chi connectivity index (χ3n) is 4.38. The van der Waals surface area contributed by atoms with Gasteiger partial charge in [0.1, 0.15) is 0 Å². The lowest BCUT2D eigenvalue weighted by molar-refractivity contribution is -0.143. The Bertz CT molecular complexity index is 539. The van der Waals surface area contributed by atoms with E-state index in [9.17, 15) is 14.7 Å². The number of ketones is 1. The minimum atomic E-state index is -1.10. The number of hydrogen-bond donors (Lipinski definition) is 2. The van der Waals surface area contributed by atoms with Crippen molar-refractivity contribution < 1.29 is 14.7 Å². The van der Waals surface area contributed by atoms with Crippen LogP contribution >= 0.6 is 0 Å². The number of hydrogen-bond acceptors (Lipinski definition) is 5. The van der Waals surface area contributed by atoms with E-state index in [-0.39, 0.29) is 17.7 Å². The first-order valence-corrected chi connectivity index (χ1v) is 7.84. The number of aromatic nitrogens is 1. The van der Waals surface area contributed by atoms with Crippen LogP contribution in [0.25, 0.3) is 0 Å². The number of aliphatic carboxylic acids is 1. The zero-order chi connectivity index (χ0) is 15.5. The predicted molar refractivity (Wildman–Crippen MR) is 81.8 cm³/mol. The standard InChI is InChI=1S/C16H21N3O3/c20-15(11-2-1-7-18-10-11)14(16(21)22)19(12-3-4-12)13-5-8-17-9-6-13/h5-6,8-9,11-12,14,18H,1-4,7,10H2,(H,21,22). The van der Waals surface area contributed by atoms with Crippen LogP contribution in [0.15, 0.2) is 24.5 Å². The van der Waals surface area contributed by atoms with Gasteiger partial charge in [0, 0.05) is 36.6 Å². The van der Waals surface area contributed by atoms with E-state index in [2.05, 4.69) is 10.3 Å². The highest BCUT2D eigenvalue weighted by Gasteiger charge is 2.43. The smallest absolute Gasteiger partial charge is 0.334 e. The van der Waals surface area contributed by atoms with E-state index in [1.165, 1.54) is 0 Å². The van der Waals surface area contributed by atoms with Crippen LogP contribution in [-0.2, 0) is 9.59 Å². The Morgan fingerprint density at radius 2 is 2.00 bits per heavy atom. The molecule has 0 bridgehead atoms. The van der Waals surface area contributed by atoms with E-state index in [0.29, 0.717) is 6.54 Å². The largest absolute Gasteiger partial charge is 0.479 e. The Hall–Kier alpha value is -1.95. The van der Waals surface area contributed by atoms with Gasteiger partial charge >= 0.3 is 5.97 Å². The van der Waals surface area contributed by atoms with Gasteiger partial charge in [0.15, 0.2) is 11.8 Å². The van der Waals surface area contributed by atoms with Gasteiger partial charge in [-0.25, -0.2) is 4.79 Å². The number of anilines is 1. The number of carboxylic acid groups (broad SMARTS) is 1. The van der Waals surface area contributed by atoms with Crippen LogP contribution in [0.4, 0.5) is 5.69 Å². The zero-order valence-electron chi connectivity index (χ0n) is 12.4. The fourth-order valence-electron chi connectivity index (χ4n) is 3.14. The molecule has 3 rings (SSSR count). The molecule has 1 aromatic heterocycles. The number of carboxylic acids is 1. The molecular weight excluding hydrogens is 282 g/mol. The van der Waals surface area contributed by atoms with Gasteiger partial charge in [-0.2, -0.15) is 0 Å². The molecule has 0 radical (unpaired) electrons. The van der Waals surface area contributed by atoms with Crippen LogP contribution < -0.4 is 10.2 Å². The number of nitrogens with zero attached hydrogens (tertiary/aromatic N) is 2. The van der Waals surface area contributed by atoms with Crippen molar-refractivity contribution in [3.8, 4) is 0 Å². The molecule has 1 aliphatic carbocycles. The molecule has 1 aromatic rings. The monoisotopic (exact) mass is 303 g/mol. The average Bonchev–Trinajstić information content (AvgIpc) is 3.38. The molecule has 22 heavy (non-hydrogen) atoms. The molecule has 6 heteroatoms. The third kappa shape index (κ3) is 3.11. The molecule has 2 heterocycles. The zero-order valence-corrected chi connectivity index (χ0v) is 12.4. The fourth-order valence-corrected chi connectivity index (χ4v) is 3.14. The summed E-state index contributed by atoms with van der Waals surface area (Å²) in [6, 6.07) is 2.60. The molecule has 2 aliphatic rings. The molecular formula is C16H21N3O3. The third-order valence-corrected chi connectivity index (χ3v) is 4.38. The number of Topliss-reactive ketones (excluding diaryl/α,β-unsaturated/α-hetero) is 1. The average molecular weight is 303 g/mol. The van der Waals surface area contributed by atoms with Crippen molar-refractivity contribution in [3.05, 3.63) is 24.5 Å². The maximum atomic E-state index is 12.8. The first-order valence-electron chi connectivity index (χ1n) is 7.84. The van der Waals surface area contributed by atoms with Crippen molar-refractivity contribution >= 4 is 17.4 Å². The number of carbonyl (C=O) groups excluding carboxylic acids is 1. The summed E-state index contributed by atoms with van der Waals surface area (Å²) in [6.45, 7) is 1.48. The summed E-state index contributed by atoms with van der Waals surface area (Å²) in [5.41, 5.74) is 0.766. The van der Waals surface area contributed by atoms with Crippen molar-refractivity contribution in [3.63, 3.8) is 0 Å². The van der Waals surface area contributed by atoms with Gasteiger partial charge in [-0.1, -0.05) is 0 Å². The van der Waals surface area contributed by atoms with Crippen LogP contribution in [0.3, 0.4) is 0 Å². The lowest BCUT2D eigenvalue weighted by Gasteiger charge is -2.33. The molecule has 2 N–H and O–H groups in total. The number of nitrogens with one attached hydrogen (secondary N) is 1. The van der Waals surface area contributed by atoms with Gasteiger partial charge < -0.3 is 15.3 Å². The normalized spacial score (nSPS) is 22.8. The lowest BCUT2D eigenvalue weighted by Crippen LogP contribution is -2.52. The molecule has 1 aliphatic heterocycles. The first-order chi connectivity index (χ1) is 10.7. The Balaban J connectivity index is 1.87. The lowest BCUT2D eigenvalue weighted by atomic mass is 9.90. The number of pyridine rings is 1. The topological polar surface area (TPSA) is 82.5 Å². The molecule has 0 aromatic carbocycles. The Morgan fingerprint density at radius 3 is 2.55 bits per heavy atom. The molecule has 6 nitrogen and oxygen atoms in total. The highest BCUT2D eigenvalue weighted by atomic mass is 16.4. The molecule has 1 saturated heterocycles. The van der Waals surface area contributed by atoms with Gasteiger partial charge in [-0.15, -0.1) is 0 Å². The van der Waals surface area contributed by atoms with Gasteiger partial charge in [-0.3, -0.25) is 9.78 Å². The predicted octanol–water partition coefficient (Wildman–Crippen LogP) is 1.07. The summed E-state index contributed by atoms with van der Waals surface area (Å²) in [6.07, 6.45) is 6.82. The second kappa shape index (κ2) is 6.44. The summed E-state index contributed by atoms with van der Waals surface area (Å²) >= 11 is 0. The van der Waals surface area contributed by atoms with Crippen LogP contribution in [0.5, 0.6) is 0 Å². The maximum absolute atomic E-state index is 12.8. The summed E-state index contributed by atoms with van der Waals surface area (Å²) in [5, 5.41) is 12.9. The van der Waals surface area contributed by atoms with Crippen molar-refractivity contribution in [1.82, 2.24) is 10.3 Å². The van der Waals surface area contributed by atoms with Crippen molar-refractivity contribution in [2.24, 2.45) is 5.92 Å². The summed E-state index contributed by atoms with van der Waals surface area (Å²) in [7, 11) is 0. The van der Waals surface area contributed by atoms with Crippen LogP contribution in [0, 0.1) is 5.92 Å². The van der Waals surface area contributed by atoms with E-state index in [0.717, 1.165) is 37.9 Å². The van der Waals surface area contributed by atoms with Crippen molar-refractivity contribution in [2.45, 2.75) is 37.8 Å². The number of rotatable bonds is 6. The highest BCUT2D eigenvalue weighted by molar-refractivity contribution is 6.06. The quantitative estimate of drug-likeness (QED) is 0.765. The number of carbonyl (C=O) groups is 2. The second-order valence-corrected chi connectivity index (χ2v) is 6.03. The Morgan fingerprint density at radius 1 is 1.27 bits per heavy atom.